The number of piperidine rings is 1. The quantitative estimate of drug-likeness (QED) is 0.785. The number of hydrogen-bond donors (Lipinski definition) is 2. The zero-order chi connectivity index (χ0) is 12.1. The minimum absolute atomic E-state index is 0.363. The fourth-order valence-corrected chi connectivity index (χ4v) is 2.37. The smallest absolute Gasteiger partial charge is 0.0802 e. The fraction of sp³-hybridized carbons (Fsp3) is 0.571. The van der Waals surface area contributed by atoms with Crippen LogP contribution in [0.3, 0.4) is 0 Å². The number of hydrogen-bond acceptors (Lipinski definition) is 3. The molecule has 0 amide bonds. The normalized spacial score (nSPS) is 19.1. The maximum absolute atomic E-state index is 10.1. The van der Waals surface area contributed by atoms with Crippen molar-refractivity contribution in [3.05, 3.63) is 29.8 Å². The van der Waals surface area contributed by atoms with Crippen LogP contribution < -0.4 is 5.73 Å². The molecule has 1 aliphatic heterocycles. The van der Waals surface area contributed by atoms with E-state index in [2.05, 4.69) is 4.90 Å². The van der Waals surface area contributed by atoms with E-state index in [0.29, 0.717) is 0 Å². The Hall–Kier alpha value is -1.06. The summed E-state index contributed by atoms with van der Waals surface area (Å²) in [6.07, 6.45) is 4.41. The highest BCUT2D eigenvalue weighted by molar-refractivity contribution is 5.39. The Morgan fingerprint density at radius 2 is 1.76 bits per heavy atom. The summed E-state index contributed by atoms with van der Waals surface area (Å²) in [5.74, 6) is 0. The number of anilines is 1. The predicted molar refractivity (Wildman–Crippen MR) is 70.7 cm³/mol. The van der Waals surface area contributed by atoms with Crippen LogP contribution in [0.4, 0.5) is 5.69 Å². The van der Waals surface area contributed by atoms with E-state index in [1.54, 1.807) is 0 Å². The van der Waals surface area contributed by atoms with Gasteiger partial charge in [-0.25, -0.2) is 0 Å². The average molecular weight is 234 g/mol. The summed E-state index contributed by atoms with van der Waals surface area (Å²) in [5, 5.41) is 10.1. The van der Waals surface area contributed by atoms with E-state index in [4.69, 9.17) is 5.73 Å². The van der Waals surface area contributed by atoms with E-state index >= 15 is 0 Å². The number of aliphatic hydroxyl groups is 1. The summed E-state index contributed by atoms with van der Waals surface area (Å²) >= 11 is 0. The van der Waals surface area contributed by atoms with Crippen LogP contribution in [0.1, 0.15) is 37.4 Å². The molecule has 94 valence electrons. The van der Waals surface area contributed by atoms with Gasteiger partial charge in [-0.2, -0.15) is 0 Å². The minimum Gasteiger partial charge on any atom is -0.399 e. The van der Waals surface area contributed by atoms with E-state index in [9.17, 15) is 5.11 Å². The Morgan fingerprint density at radius 3 is 2.41 bits per heavy atom. The third-order valence-electron chi connectivity index (χ3n) is 3.49. The van der Waals surface area contributed by atoms with Crippen LogP contribution in [-0.4, -0.2) is 29.6 Å². The first kappa shape index (κ1) is 12.4. The lowest BCUT2D eigenvalue weighted by molar-refractivity contribution is 0.134. The Morgan fingerprint density at radius 1 is 1.12 bits per heavy atom. The van der Waals surface area contributed by atoms with Crippen molar-refractivity contribution in [2.24, 2.45) is 0 Å². The van der Waals surface area contributed by atoms with Crippen molar-refractivity contribution >= 4 is 5.69 Å². The van der Waals surface area contributed by atoms with Gasteiger partial charge in [-0.15, -0.1) is 0 Å². The van der Waals surface area contributed by atoms with Gasteiger partial charge in [0.2, 0.25) is 0 Å². The second kappa shape index (κ2) is 6.03. The minimum atomic E-state index is -0.363. The van der Waals surface area contributed by atoms with Crippen LogP contribution in [0, 0.1) is 0 Å². The third kappa shape index (κ3) is 3.72. The number of nitrogens with two attached hydrogens (primary N) is 1. The van der Waals surface area contributed by atoms with Crippen LogP contribution in [0.2, 0.25) is 0 Å². The van der Waals surface area contributed by atoms with Crippen LogP contribution >= 0.6 is 0 Å². The lowest BCUT2D eigenvalue weighted by Gasteiger charge is -2.27. The van der Waals surface area contributed by atoms with E-state index in [-0.39, 0.29) is 6.10 Å². The van der Waals surface area contributed by atoms with Gasteiger partial charge in [-0.1, -0.05) is 18.6 Å². The highest BCUT2D eigenvalue weighted by Gasteiger charge is 2.13. The highest BCUT2D eigenvalue weighted by atomic mass is 16.3. The first-order valence-corrected chi connectivity index (χ1v) is 6.51. The molecule has 0 radical (unpaired) electrons. The third-order valence-corrected chi connectivity index (χ3v) is 3.49. The van der Waals surface area contributed by atoms with Gasteiger partial charge in [-0.3, -0.25) is 0 Å². The number of nitrogens with zero attached hydrogens (tertiary/aromatic N) is 1. The Bertz CT molecular complexity index is 331. The van der Waals surface area contributed by atoms with Crippen molar-refractivity contribution in [1.29, 1.82) is 0 Å². The molecular formula is C14H22N2O. The van der Waals surface area contributed by atoms with Crippen molar-refractivity contribution in [3.63, 3.8) is 0 Å². The molecule has 1 fully saturated rings. The molecule has 0 aliphatic carbocycles. The lowest BCUT2D eigenvalue weighted by atomic mass is 10.0. The first-order chi connectivity index (χ1) is 8.25. The predicted octanol–water partition coefficient (Wildman–Crippen LogP) is 2.18. The highest BCUT2D eigenvalue weighted by Crippen LogP contribution is 2.19. The van der Waals surface area contributed by atoms with Gasteiger partial charge >= 0.3 is 0 Å². The van der Waals surface area contributed by atoms with Crippen molar-refractivity contribution in [3.8, 4) is 0 Å². The molecule has 1 heterocycles. The molecular weight excluding hydrogens is 212 g/mol. The maximum Gasteiger partial charge on any atom is 0.0802 e. The summed E-state index contributed by atoms with van der Waals surface area (Å²) < 4.78 is 0. The van der Waals surface area contributed by atoms with Gasteiger partial charge < -0.3 is 15.7 Å². The number of nitrogen functional groups attached to an aromatic ring is 1. The molecule has 1 atom stereocenters. The summed E-state index contributed by atoms with van der Waals surface area (Å²) in [6, 6.07) is 7.52. The van der Waals surface area contributed by atoms with Crippen molar-refractivity contribution in [2.45, 2.75) is 31.8 Å². The topological polar surface area (TPSA) is 49.5 Å². The summed E-state index contributed by atoms with van der Waals surface area (Å²) in [7, 11) is 0. The first-order valence-electron chi connectivity index (χ1n) is 6.51. The largest absolute Gasteiger partial charge is 0.399 e. The standard InChI is InChI=1S/C14H22N2O/c15-13-6-4-12(5-7-13)14(17)8-11-16-9-2-1-3-10-16/h4-7,14,17H,1-3,8-11,15H2. The zero-order valence-electron chi connectivity index (χ0n) is 10.3. The molecule has 17 heavy (non-hydrogen) atoms. The Labute approximate surface area is 103 Å². The average Bonchev–Trinajstić information content (AvgIpc) is 2.38. The molecule has 3 N–H and O–H groups in total. The molecule has 0 spiro atoms. The number of rotatable bonds is 4. The van der Waals surface area contributed by atoms with Crippen LogP contribution in [0.15, 0.2) is 24.3 Å². The SMILES string of the molecule is Nc1ccc(C(O)CCN2CCCCC2)cc1. The molecule has 1 unspecified atom stereocenters. The molecule has 0 saturated carbocycles. The van der Waals surface area contributed by atoms with E-state index in [1.807, 2.05) is 24.3 Å². The zero-order valence-corrected chi connectivity index (χ0v) is 10.3. The molecule has 1 saturated heterocycles. The van der Waals surface area contributed by atoms with Gasteiger partial charge in [0.25, 0.3) is 0 Å². The molecule has 1 aromatic carbocycles. The maximum atomic E-state index is 10.1. The molecule has 1 aliphatic rings. The Balaban J connectivity index is 1.80. The number of likely N-dealkylation sites (tertiary alicyclic amines) is 1. The summed E-state index contributed by atoms with van der Waals surface area (Å²) in [6.45, 7) is 3.37. The van der Waals surface area contributed by atoms with Gasteiger partial charge in [0.1, 0.15) is 0 Å². The second-order valence-electron chi connectivity index (χ2n) is 4.87. The van der Waals surface area contributed by atoms with Crippen molar-refractivity contribution < 1.29 is 5.11 Å². The molecule has 0 aromatic heterocycles. The molecule has 1 aromatic rings. The van der Waals surface area contributed by atoms with Gasteiger partial charge in [0.15, 0.2) is 0 Å². The van der Waals surface area contributed by atoms with E-state index < -0.39 is 0 Å². The molecule has 3 heteroatoms. The van der Waals surface area contributed by atoms with Crippen molar-refractivity contribution in [2.75, 3.05) is 25.4 Å². The van der Waals surface area contributed by atoms with E-state index in [1.165, 1.54) is 32.4 Å². The molecule has 3 nitrogen and oxygen atoms in total. The second-order valence-corrected chi connectivity index (χ2v) is 4.87. The van der Waals surface area contributed by atoms with Crippen LogP contribution in [0.25, 0.3) is 0 Å². The van der Waals surface area contributed by atoms with Crippen LogP contribution in [0.5, 0.6) is 0 Å². The molecule has 2 rings (SSSR count). The summed E-state index contributed by atoms with van der Waals surface area (Å²) in [5.41, 5.74) is 7.34. The monoisotopic (exact) mass is 234 g/mol. The van der Waals surface area contributed by atoms with Gasteiger partial charge in [0, 0.05) is 12.2 Å². The Kier molecular flexibility index (Phi) is 4.40. The summed E-state index contributed by atoms with van der Waals surface area (Å²) in [4.78, 5) is 2.45. The van der Waals surface area contributed by atoms with Gasteiger partial charge in [-0.05, 0) is 50.0 Å². The number of benzene rings is 1. The van der Waals surface area contributed by atoms with Crippen molar-refractivity contribution in [1.82, 2.24) is 4.90 Å². The fourth-order valence-electron chi connectivity index (χ4n) is 2.37. The number of aliphatic hydroxyl groups excluding tert-OH is 1. The van der Waals surface area contributed by atoms with Gasteiger partial charge in [0.05, 0.1) is 6.10 Å². The van der Waals surface area contributed by atoms with Crippen LogP contribution in [-0.2, 0) is 0 Å². The lowest BCUT2D eigenvalue weighted by Crippen LogP contribution is -2.31. The molecule has 0 bridgehead atoms. The van der Waals surface area contributed by atoms with E-state index in [0.717, 1.165) is 24.2 Å².